The Morgan fingerprint density at radius 1 is 1.11 bits per heavy atom. The van der Waals surface area contributed by atoms with Crippen LogP contribution in [0, 0.1) is 5.92 Å². The fourth-order valence-electron chi connectivity index (χ4n) is 2.61. The molecule has 2 atom stereocenters. The minimum absolute atomic E-state index is 0.558. The molecule has 3 heterocycles. The van der Waals surface area contributed by atoms with E-state index in [9.17, 15) is 0 Å². The zero-order valence-electron chi connectivity index (χ0n) is 10.9. The highest BCUT2D eigenvalue weighted by molar-refractivity contribution is 5.71. The first-order valence-electron chi connectivity index (χ1n) is 6.58. The summed E-state index contributed by atoms with van der Waals surface area (Å²) in [7, 11) is 0. The molecule has 1 aliphatic rings. The molecule has 2 aromatic rings. The van der Waals surface area contributed by atoms with Gasteiger partial charge in [0.15, 0.2) is 5.65 Å². The maximum absolute atomic E-state index is 4.64. The first kappa shape index (κ1) is 11.4. The van der Waals surface area contributed by atoms with Crippen molar-refractivity contribution in [3.63, 3.8) is 0 Å². The van der Waals surface area contributed by atoms with Crippen LogP contribution < -0.4 is 4.90 Å². The van der Waals surface area contributed by atoms with Crippen molar-refractivity contribution in [2.45, 2.75) is 32.7 Å². The van der Waals surface area contributed by atoms with Gasteiger partial charge in [-0.1, -0.05) is 6.92 Å². The van der Waals surface area contributed by atoms with E-state index in [1.807, 2.05) is 6.07 Å². The molecule has 1 aliphatic heterocycles. The van der Waals surface area contributed by atoms with Gasteiger partial charge in [0.2, 0.25) is 0 Å². The maximum atomic E-state index is 4.64. The number of rotatable bonds is 1. The minimum Gasteiger partial charge on any atom is -0.354 e. The van der Waals surface area contributed by atoms with Crippen molar-refractivity contribution in [2.24, 2.45) is 5.92 Å². The highest BCUT2D eigenvalue weighted by Crippen LogP contribution is 2.26. The van der Waals surface area contributed by atoms with Crippen LogP contribution in [-0.2, 0) is 0 Å². The van der Waals surface area contributed by atoms with Gasteiger partial charge in [-0.2, -0.15) is 0 Å². The average molecular weight is 242 g/mol. The first-order chi connectivity index (χ1) is 8.74. The van der Waals surface area contributed by atoms with Crippen LogP contribution in [-0.4, -0.2) is 27.5 Å². The second kappa shape index (κ2) is 4.52. The van der Waals surface area contributed by atoms with Gasteiger partial charge in [-0.15, -0.1) is 0 Å². The van der Waals surface area contributed by atoms with Gasteiger partial charge in [0, 0.05) is 25.0 Å². The van der Waals surface area contributed by atoms with Crippen LogP contribution in [0.25, 0.3) is 11.2 Å². The second-order valence-corrected chi connectivity index (χ2v) is 5.25. The maximum Gasteiger partial charge on any atom is 0.180 e. The molecule has 1 saturated heterocycles. The lowest BCUT2D eigenvalue weighted by atomic mass is 9.95. The fourth-order valence-corrected chi connectivity index (χ4v) is 2.61. The molecule has 2 aromatic heterocycles. The van der Waals surface area contributed by atoms with E-state index in [0.29, 0.717) is 6.04 Å². The summed E-state index contributed by atoms with van der Waals surface area (Å²) in [5.74, 6) is 1.77. The van der Waals surface area contributed by atoms with Crippen molar-refractivity contribution in [1.82, 2.24) is 15.0 Å². The fraction of sp³-hybridized carbons (Fsp3) is 0.500. The van der Waals surface area contributed by atoms with Crippen molar-refractivity contribution in [3.05, 3.63) is 24.5 Å². The summed E-state index contributed by atoms with van der Waals surface area (Å²) >= 11 is 0. The summed E-state index contributed by atoms with van der Waals surface area (Å²) in [6, 6.07) is 4.63. The third-order valence-corrected chi connectivity index (χ3v) is 3.73. The number of anilines is 1. The predicted octanol–water partition coefficient (Wildman–Crippen LogP) is 2.65. The Labute approximate surface area is 107 Å². The first-order valence-corrected chi connectivity index (χ1v) is 6.58. The molecular weight excluding hydrogens is 224 g/mol. The lowest BCUT2D eigenvalue weighted by Crippen LogP contribution is -2.41. The van der Waals surface area contributed by atoms with E-state index in [0.717, 1.165) is 29.4 Å². The van der Waals surface area contributed by atoms with E-state index >= 15 is 0 Å². The minimum atomic E-state index is 0.558. The van der Waals surface area contributed by atoms with Gasteiger partial charge >= 0.3 is 0 Å². The Kier molecular flexibility index (Phi) is 2.86. The Bertz CT molecular complexity index is 554. The molecule has 0 bridgehead atoms. The van der Waals surface area contributed by atoms with Crippen molar-refractivity contribution in [3.8, 4) is 0 Å². The van der Waals surface area contributed by atoms with Gasteiger partial charge in [-0.05, 0) is 37.8 Å². The monoisotopic (exact) mass is 242 g/mol. The lowest BCUT2D eigenvalue weighted by molar-refractivity contribution is 0.388. The molecule has 1 fully saturated rings. The van der Waals surface area contributed by atoms with Gasteiger partial charge in [-0.25, -0.2) is 9.97 Å². The molecule has 0 saturated carbocycles. The van der Waals surface area contributed by atoms with E-state index in [-0.39, 0.29) is 0 Å². The predicted molar refractivity (Wildman–Crippen MR) is 72.5 cm³/mol. The van der Waals surface area contributed by atoms with Crippen LogP contribution in [0.15, 0.2) is 24.5 Å². The van der Waals surface area contributed by atoms with Crippen LogP contribution in [0.1, 0.15) is 26.7 Å². The summed E-state index contributed by atoms with van der Waals surface area (Å²) < 4.78 is 0. The van der Waals surface area contributed by atoms with Crippen molar-refractivity contribution in [1.29, 1.82) is 0 Å². The molecule has 2 unspecified atom stereocenters. The van der Waals surface area contributed by atoms with Crippen LogP contribution in [0.2, 0.25) is 0 Å². The van der Waals surface area contributed by atoms with Gasteiger partial charge in [0.05, 0.1) is 0 Å². The Morgan fingerprint density at radius 3 is 2.83 bits per heavy atom. The summed E-state index contributed by atoms with van der Waals surface area (Å²) in [4.78, 5) is 15.6. The number of pyridine rings is 1. The summed E-state index contributed by atoms with van der Waals surface area (Å²) in [5, 5.41) is 0. The standard InChI is InChI=1S/C14H18N4/c1-10-3-4-11(2)18(9-10)13-6-5-12-14(17-13)16-8-7-15-12/h5-8,10-11H,3-4,9H2,1-2H3. The van der Waals surface area contributed by atoms with E-state index in [2.05, 4.69) is 39.8 Å². The zero-order valence-corrected chi connectivity index (χ0v) is 10.9. The Balaban J connectivity index is 1.97. The summed E-state index contributed by atoms with van der Waals surface area (Å²) in [6.07, 6.45) is 5.95. The highest BCUT2D eigenvalue weighted by Gasteiger charge is 2.24. The number of hydrogen-bond donors (Lipinski definition) is 0. The van der Waals surface area contributed by atoms with Gasteiger partial charge in [-0.3, -0.25) is 4.98 Å². The molecule has 3 rings (SSSR count). The Morgan fingerprint density at radius 2 is 1.94 bits per heavy atom. The number of piperidine rings is 1. The molecule has 4 nitrogen and oxygen atoms in total. The van der Waals surface area contributed by atoms with Crippen LogP contribution in [0.4, 0.5) is 5.82 Å². The van der Waals surface area contributed by atoms with E-state index in [4.69, 9.17) is 0 Å². The molecular formula is C14H18N4. The van der Waals surface area contributed by atoms with Gasteiger partial charge in [0.25, 0.3) is 0 Å². The van der Waals surface area contributed by atoms with E-state index in [1.54, 1.807) is 12.4 Å². The molecule has 4 heteroatoms. The zero-order chi connectivity index (χ0) is 12.5. The van der Waals surface area contributed by atoms with Crippen molar-refractivity contribution >= 4 is 17.0 Å². The number of aromatic nitrogens is 3. The van der Waals surface area contributed by atoms with Crippen molar-refractivity contribution in [2.75, 3.05) is 11.4 Å². The smallest absolute Gasteiger partial charge is 0.180 e. The largest absolute Gasteiger partial charge is 0.354 e. The van der Waals surface area contributed by atoms with E-state index < -0.39 is 0 Å². The Hall–Kier alpha value is -1.71. The van der Waals surface area contributed by atoms with Crippen molar-refractivity contribution < 1.29 is 0 Å². The summed E-state index contributed by atoms with van der Waals surface area (Å²) in [5.41, 5.74) is 1.60. The lowest BCUT2D eigenvalue weighted by Gasteiger charge is -2.37. The molecule has 0 aliphatic carbocycles. The number of nitrogens with zero attached hydrogens (tertiary/aromatic N) is 4. The third kappa shape index (κ3) is 2.03. The number of fused-ring (bicyclic) bond motifs is 1. The number of hydrogen-bond acceptors (Lipinski definition) is 4. The molecule has 0 N–H and O–H groups in total. The van der Waals surface area contributed by atoms with Crippen LogP contribution in [0.3, 0.4) is 0 Å². The molecule has 0 spiro atoms. The molecule has 94 valence electrons. The van der Waals surface area contributed by atoms with Crippen LogP contribution in [0.5, 0.6) is 0 Å². The molecule has 0 amide bonds. The van der Waals surface area contributed by atoms with Gasteiger partial charge in [0.1, 0.15) is 11.3 Å². The average Bonchev–Trinajstić information content (AvgIpc) is 2.41. The molecule has 0 radical (unpaired) electrons. The topological polar surface area (TPSA) is 41.9 Å². The highest BCUT2D eigenvalue weighted by atomic mass is 15.2. The molecule has 0 aromatic carbocycles. The van der Waals surface area contributed by atoms with Crippen LogP contribution >= 0.6 is 0 Å². The molecule has 18 heavy (non-hydrogen) atoms. The second-order valence-electron chi connectivity index (χ2n) is 5.25. The summed E-state index contributed by atoms with van der Waals surface area (Å²) in [6.45, 7) is 5.66. The third-order valence-electron chi connectivity index (χ3n) is 3.73. The normalized spacial score (nSPS) is 24.4. The SMILES string of the molecule is CC1CCC(C)N(c2ccc3nccnc3n2)C1. The quantitative estimate of drug-likeness (QED) is 0.771. The van der Waals surface area contributed by atoms with E-state index in [1.165, 1.54) is 12.8 Å². The van der Waals surface area contributed by atoms with Gasteiger partial charge < -0.3 is 4.90 Å².